The second-order valence-electron chi connectivity index (χ2n) is 11.1. The average molecular weight is 602 g/mol. The van der Waals surface area contributed by atoms with Gasteiger partial charge in [0, 0.05) is 32.7 Å². The number of esters is 1. The van der Waals surface area contributed by atoms with E-state index in [1.807, 2.05) is 13.8 Å². The number of nitrogens with one attached hydrogen (secondary N) is 4. The van der Waals surface area contributed by atoms with Crippen molar-refractivity contribution in [3.63, 3.8) is 0 Å². The first kappa shape index (κ1) is 38.6. The van der Waals surface area contributed by atoms with Crippen molar-refractivity contribution in [2.75, 3.05) is 33.9 Å². The van der Waals surface area contributed by atoms with Crippen LogP contribution in [-0.2, 0) is 33.4 Å². The van der Waals surface area contributed by atoms with E-state index in [0.29, 0.717) is 32.2 Å². The molecule has 242 valence electrons. The van der Waals surface area contributed by atoms with E-state index in [1.165, 1.54) is 11.9 Å². The van der Waals surface area contributed by atoms with Gasteiger partial charge in [0.2, 0.25) is 17.7 Å². The molecular formula is C28H51N5O9. The molecule has 14 heteroatoms. The summed E-state index contributed by atoms with van der Waals surface area (Å²) < 4.78 is 10.4. The van der Waals surface area contributed by atoms with E-state index in [-0.39, 0.29) is 29.8 Å². The molecule has 5 amide bonds. The molecule has 1 fully saturated rings. The highest BCUT2D eigenvalue weighted by Gasteiger charge is 2.38. The first-order valence-electron chi connectivity index (χ1n) is 14.4. The summed E-state index contributed by atoms with van der Waals surface area (Å²) in [5, 5.41) is 18.9. The van der Waals surface area contributed by atoms with Gasteiger partial charge in [0.15, 0.2) is 6.61 Å². The molecule has 5 N–H and O–H groups in total. The highest BCUT2D eigenvalue weighted by atomic mass is 16.6. The minimum atomic E-state index is -0.755. The number of aliphatic hydroxyl groups excluding tert-OH is 1. The van der Waals surface area contributed by atoms with Crippen molar-refractivity contribution in [2.45, 2.75) is 97.9 Å². The van der Waals surface area contributed by atoms with Crippen LogP contribution < -0.4 is 21.3 Å². The summed E-state index contributed by atoms with van der Waals surface area (Å²) in [6.07, 6.45) is 1.77. The third-order valence-corrected chi connectivity index (χ3v) is 6.74. The van der Waals surface area contributed by atoms with Gasteiger partial charge in [0.1, 0.15) is 18.2 Å². The van der Waals surface area contributed by atoms with Crippen LogP contribution in [0.4, 0.5) is 4.79 Å². The number of hydrogen-bond acceptors (Lipinski definition) is 9. The molecule has 1 heterocycles. The largest absolute Gasteiger partial charge is 0.454 e. The second kappa shape index (κ2) is 18.9. The lowest BCUT2D eigenvalue weighted by Crippen LogP contribution is -2.47. The zero-order chi connectivity index (χ0) is 32.6. The van der Waals surface area contributed by atoms with E-state index in [4.69, 9.17) is 14.6 Å². The zero-order valence-corrected chi connectivity index (χ0v) is 26.5. The number of nitrogens with zero attached hydrogens (tertiary/aromatic N) is 1. The Morgan fingerprint density at radius 2 is 1.36 bits per heavy atom. The Hall–Kier alpha value is -3.42. The quantitative estimate of drug-likeness (QED) is 0.198. The predicted molar refractivity (Wildman–Crippen MR) is 155 cm³/mol. The molecule has 1 aliphatic rings. The van der Waals surface area contributed by atoms with Gasteiger partial charge in [-0.15, -0.1) is 0 Å². The summed E-state index contributed by atoms with van der Waals surface area (Å²) in [7, 11) is 3.09. The van der Waals surface area contributed by atoms with Gasteiger partial charge in [0.05, 0.1) is 11.8 Å². The van der Waals surface area contributed by atoms with E-state index in [9.17, 15) is 28.8 Å². The summed E-state index contributed by atoms with van der Waals surface area (Å²) in [6, 6.07) is -1.35. The maximum Gasteiger partial charge on any atom is 0.411 e. The van der Waals surface area contributed by atoms with Gasteiger partial charge >= 0.3 is 12.1 Å². The van der Waals surface area contributed by atoms with E-state index < -0.39 is 54.7 Å². The number of likely N-dealkylation sites (tertiary alicyclic amines) is 1. The van der Waals surface area contributed by atoms with Crippen LogP contribution in [0.15, 0.2) is 0 Å². The van der Waals surface area contributed by atoms with Crippen molar-refractivity contribution in [3.05, 3.63) is 0 Å². The molecule has 0 aromatic rings. The Kier molecular flexibility index (Phi) is 17.4. The molecule has 0 spiro atoms. The third kappa shape index (κ3) is 13.5. The molecule has 0 bridgehead atoms. The van der Waals surface area contributed by atoms with Gasteiger partial charge in [0.25, 0.3) is 5.91 Å². The van der Waals surface area contributed by atoms with Crippen LogP contribution in [0.25, 0.3) is 0 Å². The monoisotopic (exact) mass is 601 g/mol. The Morgan fingerprint density at radius 1 is 0.881 bits per heavy atom. The van der Waals surface area contributed by atoms with Crippen LogP contribution >= 0.6 is 0 Å². The normalized spacial score (nSPS) is 17.3. The van der Waals surface area contributed by atoms with Gasteiger partial charge in [-0.3, -0.25) is 24.1 Å². The second-order valence-corrected chi connectivity index (χ2v) is 11.1. The molecule has 14 nitrogen and oxygen atoms in total. The number of hydrogen-bond donors (Lipinski definition) is 5. The van der Waals surface area contributed by atoms with Crippen molar-refractivity contribution >= 4 is 35.7 Å². The van der Waals surface area contributed by atoms with E-state index in [1.54, 1.807) is 41.7 Å². The number of amides is 5. The molecule has 5 atom stereocenters. The van der Waals surface area contributed by atoms with Crippen LogP contribution in [0.1, 0.15) is 74.1 Å². The van der Waals surface area contributed by atoms with Crippen molar-refractivity contribution in [2.24, 2.45) is 11.8 Å². The van der Waals surface area contributed by atoms with Crippen LogP contribution in [0, 0.1) is 11.8 Å². The fourth-order valence-electron chi connectivity index (χ4n) is 4.27. The topological polar surface area (TPSA) is 192 Å². The minimum absolute atomic E-state index is 0.116. The molecule has 0 saturated carbocycles. The number of rotatable bonds is 12. The lowest BCUT2D eigenvalue weighted by atomic mass is 9.98. The van der Waals surface area contributed by atoms with Crippen LogP contribution in [-0.4, -0.2) is 103 Å². The SMILES string of the molecule is CC[C@@H](NC(=O)CO)[C@H](C)C(=O)NC.CC[C@@H](NC(=O)COC(=O)[C@@H]1CCCN1C(=O)OC(C)(C)C)[C@H](C)C(=O)NC. The summed E-state index contributed by atoms with van der Waals surface area (Å²) in [4.78, 5) is 72.0. The number of carbonyl (C=O) groups is 6. The maximum absolute atomic E-state index is 12.4. The fourth-order valence-corrected chi connectivity index (χ4v) is 4.27. The number of aliphatic hydroxyl groups is 1. The molecule has 0 aromatic carbocycles. The van der Waals surface area contributed by atoms with E-state index in [0.717, 1.165) is 0 Å². The Labute approximate surface area is 249 Å². The standard InChI is InChI=1S/C19H33N3O6.C9H18N2O3/c1-7-13(12(2)16(24)20-6)21-15(23)11-27-17(25)14-9-8-10-22(14)18(26)28-19(3,4)5;1-4-7(11-8(13)5-12)6(2)9(14)10-3/h12-14H,7-11H2,1-6H3,(H,20,24)(H,21,23);6-7,12H,4-5H2,1-3H3,(H,10,14)(H,11,13)/t12-,13+,14-;6-,7+/m00/s1. The Bertz CT molecular complexity index is 922. The molecular weight excluding hydrogens is 550 g/mol. The number of carbonyl (C=O) groups excluding carboxylic acids is 6. The number of ether oxygens (including phenoxy) is 2. The molecule has 0 unspecified atom stereocenters. The molecule has 0 radical (unpaired) electrons. The molecule has 42 heavy (non-hydrogen) atoms. The average Bonchev–Trinajstić information content (AvgIpc) is 3.45. The predicted octanol–water partition coefficient (Wildman–Crippen LogP) is 0.462. The highest BCUT2D eigenvalue weighted by Crippen LogP contribution is 2.22. The lowest BCUT2D eigenvalue weighted by molar-refractivity contribution is -0.153. The van der Waals surface area contributed by atoms with Gasteiger partial charge in [-0.25, -0.2) is 9.59 Å². The van der Waals surface area contributed by atoms with Crippen molar-refractivity contribution in [1.82, 2.24) is 26.2 Å². The van der Waals surface area contributed by atoms with Crippen molar-refractivity contribution < 1.29 is 43.3 Å². The molecule has 0 aliphatic carbocycles. The Balaban J connectivity index is 0.00000101. The molecule has 0 aromatic heterocycles. The summed E-state index contributed by atoms with van der Waals surface area (Å²) in [6.45, 7) is 11.8. The van der Waals surface area contributed by atoms with Gasteiger partial charge in [-0.1, -0.05) is 27.7 Å². The third-order valence-electron chi connectivity index (χ3n) is 6.74. The van der Waals surface area contributed by atoms with Crippen molar-refractivity contribution in [3.8, 4) is 0 Å². The first-order valence-corrected chi connectivity index (χ1v) is 14.4. The smallest absolute Gasteiger partial charge is 0.411 e. The van der Waals surface area contributed by atoms with E-state index >= 15 is 0 Å². The molecule has 1 aliphatic heterocycles. The van der Waals surface area contributed by atoms with Crippen molar-refractivity contribution in [1.29, 1.82) is 0 Å². The van der Waals surface area contributed by atoms with Crippen LogP contribution in [0.5, 0.6) is 0 Å². The highest BCUT2D eigenvalue weighted by molar-refractivity contribution is 5.86. The fraction of sp³-hybridized carbons (Fsp3) is 0.786. The summed E-state index contributed by atoms with van der Waals surface area (Å²) >= 11 is 0. The van der Waals surface area contributed by atoms with E-state index in [2.05, 4.69) is 21.3 Å². The summed E-state index contributed by atoms with van der Waals surface area (Å²) in [5.74, 6) is -2.57. The first-order chi connectivity index (χ1) is 19.6. The summed E-state index contributed by atoms with van der Waals surface area (Å²) in [5.41, 5.74) is -0.662. The lowest BCUT2D eigenvalue weighted by Gasteiger charge is -2.27. The Morgan fingerprint density at radius 3 is 1.76 bits per heavy atom. The molecule has 1 rings (SSSR count). The van der Waals surface area contributed by atoms with Gasteiger partial charge in [-0.05, 0) is 46.5 Å². The molecule has 1 saturated heterocycles. The zero-order valence-electron chi connectivity index (χ0n) is 26.5. The van der Waals surface area contributed by atoms with Gasteiger partial charge in [-0.2, -0.15) is 0 Å². The van der Waals surface area contributed by atoms with Gasteiger partial charge < -0.3 is 35.8 Å². The minimum Gasteiger partial charge on any atom is -0.454 e. The van der Waals surface area contributed by atoms with Crippen LogP contribution in [0.3, 0.4) is 0 Å². The van der Waals surface area contributed by atoms with Crippen LogP contribution in [0.2, 0.25) is 0 Å². The maximum atomic E-state index is 12.4.